The minimum absolute atomic E-state index is 0.351. The molecule has 0 bridgehead atoms. The molecule has 0 heterocycles. The number of carboxylic acid groups (broad SMARTS) is 1. The second-order valence-corrected chi connectivity index (χ2v) is 5.71. The van der Waals surface area contributed by atoms with Crippen LogP contribution in [0.2, 0.25) is 5.02 Å². The zero-order valence-corrected chi connectivity index (χ0v) is 13.4. The Morgan fingerprint density at radius 2 is 1.86 bits per heavy atom. The number of carboxylic acids is 1. The molecule has 0 aromatic heterocycles. The third-order valence-electron chi connectivity index (χ3n) is 3.79. The Hall–Kier alpha value is -2.00. The van der Waals surface area contributed by atoms with E-state index in [-0.39, 0.29) is 0 Å². The summed E-state index contributed by atoms with van der Waals surface area (Å²) in [7, 11) is 0. The minimum Gasteiger partial charge on any atom is -0.493 e. The number of hydrogen-bond acceptors (Lipinski definition) is 2. The number of carbonyl (C=O) groups is 1. The van der Waals surface area contributed by atoms with Crippen molar-refractivity contribution in [2.75, 3.05) is 6.61 Å². The lowest BCUT2D eigenvalue weighted by molar-refractivity contribution is -0.139. The van der Waals surface area contributed by atoms with E-state index in [0.717, 1.165) is 22.4 Å². The van der Waals surface area contributed by atoms with Crippen molar-refractivity contribution >= 4 is 17.6 Å². The van der Waals surface area contributed by atoms with Crippen LogP contribution >= 0.6 is 11.6 Å². The van der Waals surface area contributed by atoms with Crippen molar-refractivity contribution in [2.24, 2.45) is 0 Å². The van der Waals surface area contributed by atoms with Crippen LogP contribution in [0.4, 0.5) is 0 Å². The van der Waals surface area contributed by atoms with Crippen LogP contribution in [0.3, 0.4) is 0 Å². The number of hydrogen-bond donors (Lipinski definition) is 1. The Kier molecular flexibility index (Phi) is 5.45. The lowest BCUT2D eigenvalue weighted by Gasteiger charge is -2.15. The Morgan fingerprint density at radius 3 is 2.50 bits per heavy atom. The van der Waals surface area contributed by atoms with Crippen LogP contribution in [0, 0.1) is 13.8 Å². The van der Waals surface area contributed by atoms with E-state index < -0.39 is 11.9 Å². The van der Waals surface area contributed by atoms with Gasteiger partial charge in [-0.2, -0.15) is 0 Å². The van der Waals surface area contributed by atoms with Crippen LogP contribution in [-0.4, -0.2) is 17.7 Å². The van der Waals surface area contributed by atoms with Crippen molar-refractivity contribution in [3.63, 3.8) is 0 Å². The van der Waals surface area contributed by atoms with Crippen LogP contribution in [0.25, 0.3) is 0 Å². The van der Waals surface area contributed by atoms with Crippen molar-refractivity contribution in [2.45, 2.75) is 26.2 Å². The van der Waals surface area contributed by atoms with Gasteiger partial charge in [0.1, 0.15) is 5.75 Å². The average Bonchev–Trinajstić information content (AvgIpc) is 2.49. The second-order valence-electron chi connectivity index (χ2n) is 5.28. The zero-order valence-electron chi connectivity index (χ0n) is 12.7. The lowest BCUT2D eigenvalue weighted by atomic mass is 9.96. The van der Waals surface area contributed by atoms with Gasteiger partial charge in [-0.25, -0.2) is 0 Å². The van der Waals surface area contributed by atoms with E-state index in [0.29, 0.717) is 18.1 Å². The van der Waals surface area contributed by atoms with E-state index in [1.165, 1.54) is 0 Å². The predicted octanol–water partition coefficient (Wildman–Crippen LogP) is 4.59. The van der Waals surface area contributed by atoms with Gasteiger partial charge >= 0.3 is 5.97 Å². The summed E-state index contributed by atoms with van der Waals surface area (Å²) in [4.78, 5) is 11.5. The first-order chi connectivity index (χ1) is 10.5. The highest BCUT2D eigenvalue weighted by molar-refractivity contribution is 6.30. The molecule has 22 heavy (non-hydrogen) atoms. The number of rotatable bonds is 6. The molecule has 2 aromatic rings. The van der Waals surface area contributed by atoms with Gasteiger partial charge in [-0.3, -0.25) is 4.79 Å². The molecule has 2 rings (SSSR count). The van der Waals surface area contributed by atoms with Gasteiger partial charge in [0.05, 0.1) is 12.5 Å². The first-order valence-electron chi connectivity index (χ1n) is 7.16. The van der Waals surface area contributed by atoms with E-state index in [1.807, 2.05) is 32.0 Å². The quantitative estimate of drug-likeness (QED) is 0.847. The lowest BCUT2D eigenvalue weighted by Crippen LogP contribution is -2.15. The summed E-state index contributed by atoms with van der Waals surface area (Å²) in [6, 6.07) is 12.8. The molecule has 116 valence electrons. The molecule has 0 radical (unpaired) electrons. The molecule has 1 N–H and O–H groups in total. The summed E-state index contributed by atoms with van der Waals surface area (Å²) in [5.41, 5.74) is 2.98. The fourth-order valence-corrected chi connectivity index (χ4v) is 2.42. The van der Waals surface area contributed by atoms with Gasteiger partial charge in [0.25, 0.3) is 0 Å². The van der Waals surface area contributed by atoms with Crippen LogP contribution in [-0.2, 0) is 4.79 Å². The highest BCUT2D eigenvalue weighted by Crippen LogP contribution is 2.24. The Balaban J connectivity index is 2.02. The van der Waals surface area contributed by atoms with Gasteiger partial charge in [0.15, 0.2) is 0 Å². The molecule has 0 saturated carbocycles. The molecule has 0 aliphatic heterocycles. The summed E-state index contributed by atoms with van der Waals surface area (Å²) in [5, 5.41) is 10.0. The Bertz CT molecular complexity index is 650. The average molecular weight is 319 g/mol. The number of aliphatic carboxylic acids is 1. The summed E-state index contributed by atoms with van der Waals surface area (Å²) >= 11 is 5.84. The summed E-state index contributed by atoms with van der Waals surface area (Å²) in [6.07, 6.45) is 0.407. The van der Waals surface area contributed by atoms with E-state index >= 15 is 0 Å². The number of aryl methyl sites for hydroxylation is 1. The second kappa shape index (κ2) is 7.32. The molecule has 2 aromatic carbocycles. The molecule has 0 spiro atoms. The van der Waals surface area contributed by atoms with Crippen LogP contribution in [0.1, 0.15) is 29.0 Å². The third-order valence-corrected chi connectivity index (χ3v) is 4.04. The van der Waals surface area contributed by atoms with Gasteiger partial charge in [-0.15, -0.1) is 0 Å². The maximum Gasteiger partial charge on any atom is 0.311 e. The fraction of sp³-hybridized carbons (Fsp3) is 0.278. The molecular formula is C18H19ClO3. The van der Waals surface area contributed by atoms with Crippen LogP contribution < -0.4 is 4.74 Å². The van der Waals surface area contributed by atoms with E-state index in [1.54, 1.807) is 24.3 Å². The van der Waals surface area contributed by atoms with E-state index in [2.05, 4.69) is 0 Å². The van der Waals surface area contributed by atoms with Crippen molar-refractivity contribution in [3.8, 4) is 5.75 Å². The maximum absolute atomic E-state index is 11.5. The first-order valence-corrected chi connectivity index (χ1v) is 7.54. The Morgan fingerprint density at radius 1 is 1.18 bits per heavy atom. The fourth-order valence-electron chi connectivity index (χ4n) is 2.30. The molecular weight excluding hydrogens is 300 g/mol. The van der Waals surface area contributed by atoms with Gasteiger partial charge in [0, 0.05) is 5.02 Å². The van der Waals surface area contributed by atoms with Gasteiger partial charge in [-0.1, -0.05) is 35.9 Å². The highest BCUT2D eigenvalue weighted by atomic mass is 35.5. The molecule has 0 amide bonds. The van der Waals surface area contributed by atoms with Crippen LogP contribution in [0.15, 0.2) is 42.5 Å². The molecule has 1 atom stereocenters. The third kappa shape index (κ3) is 4.01. The largest absolute Gasteiger partial charge is 0.493 e. The number of ether oxygens (including phenoxy) is 1. The Labute approximate surface area is 135 Å². The molecule has 0 saturated heterocycles. The van der Waals surface area contributed by atoms with E-state index in [9.17, 15) is 9.90 Å². The van der Waals surface area contributed by atoms with Crippen molar-refractivity contribution in [3.05, 3.63) is 64.2 Å². The zero-order chi connectivity index (χ0) is 16.1. The molecule has 1 unspecified atom stereocenters. The van der Waals surface area contributed by atoms with Crippen LogP contribution in [0.5, 0.6) is 5.75 Å². The SMILES string of the molecule is Cc1cccc(OCCC(C(=O)O)c2ccc(Cl)cc2)c1C. The monoisotopic (exact) mass is 318 g/mol. The number of benzene rings is 2. The smallest absolute Gasteiger partial charge is 0.311 e. The summed E-state index contributed by atoms with van der Waals surface area (Å²) in [5.74, 6) is -0.644. The summed E-state index contributed by atoms with van der Waals surface area (Å²) < 4.78 is 5.75. The normalized spacial score (nSPS) is 12.0. The standard InChI is InChI=1S/C18H19ClO3/c1-12-4-3-5-17(13(12)2)22-11-10-16(18(20)21)14-6-8-15(19)9-7-14/h3-9,16H,10-11H2,1-2H3,(H,20,21). The highest BCUT2D eigenvalue weighted by Gasteiger charge is 2.20. The van der Waals surface area contributed by atoms with Crippen molar-refractivity contribution in [1.29, 1.82) is 0 Å². The topological polar surface area (TPSA) is 46.5 Å². The van der Waals surface area contributed by atoms with Crippen molar-refractivity contribution in [1.82, 2.24) is 0 Å². The van der Waals surface area contributed by atoms with Crippen molar-refractivity contribution < 1.29 is 14.6 Å². The number of halogens is 1. The predicted molar refractivity (Wildman–Crippen MR) is 87.9 cm³/mol. The van der Waals surface area contributed by atoms with Gasteiger partial charge < -0.3 is 9.84 Å². The molecule has 0 fully saturated rings. The van der Waals surface area contributed by atoms with E-state index in [4.69, 9.17) is 16.3 Å². The molecule has 3 nitrogen and oxygen atoms in total. The molecule has 4 heteroatoms. The maximum atomic E-state index is 11.5. The summed E-state index contributed by atoms with van der Waals surface area (Å²) in [6.45, 7) is 4.37. The minimum atomic E-state index is -0.855. The molecule has 0 aliphatic carbocycles. The molecule has 0 aliphatic rings. The van der Waals surface area contributed by atoms with Gasteiger partial charge in [0.2, 0.25) is 0 Å². The first kappa shape index (κ1) is 16.4. The van der Waals surface area contributed by atoms with Gasteiger partial charge in [-0.05, 0) is 55.2 Å².